The average molecular weight is 312 g/mol. The van der Waals surface area contributed by atoms with Crippen LogP contribution in [0.1, 0.15) is 19.8 Å². The van der Waals surface area contributed by atoms with Gasteiger partial charge in [0.2, 0.25) is 0 Å². The molecule has 0 rings (SSSR count). The number of carbonyl (C=O) groups excluding carboxylic acids is 2. The Bertz CT molecular complexity index is 282. The van der Waals surface area contributed by atoms with Gasteiger partial charge in [-0.3, -0.25) is 4.79 Å². The number of rotatable bonds is 8. The molecule has 5 atom stereocenters. The second-order valence-electron chi connectivity index (χ2n) is 4.32. The minimum atomic E-state index is -1.79. The van der Waals surface area contributed by atoms with Crippen LogP contribution in [0.25, 0.3) is 0 Å². The third kappa shape index (κ3) is 11.3. The summed E-state index contributed by atoms with van der Waals surface area (Å²) in [6, 6.07) is 0. The highest BCUT2D eigenvalue weighted by Crippen LogP contribution is 2.02. The summed E-state index contributed by atoms with van der Waals surface area (Å²) in [4.78, 5) is 20.3. The van der Waals surface area contributed by atoms with Gasteiger partial charge in [0.15, 0.2) is 6.29 Å². The maximum Gasteiger partial charge on any atom is 0.305 e. The Morgan fingerprint density at radius 3 is 2.00 bits per heavy atom. The van der Waals surface area contributed by atoms with E-state index < -0.39 is 37.1 Å². The van der Waals surface area contributed by atoms with E-state index in [1.54, 1.807) is 6.92 Å². The average Bonchev–Trinajstić information content (AvgIpc) is 2.49. The van der Waals surface area contributed by atoms with Gasteiger partial charge in [-0.2, -0.15) is 0 Å². The summed E-state index contributed by atoms with van der Waals surface area (Å²) in [5.74, 6) is -0.268. The predicted molar refractivity (Wildman–Crippen MR) is 70.1 cm³/mol. The number of hydrogen-bond donors (Lipinski definition) is 6. The number of carbonyl (C=O) groups is 2. The molecule has 21 heavy (non-hydrogen) atoms. The molecule has 0 spiro atoms. The summed E-state index contributed by atoms with van der Waals surface area (Å²) in [6.45, 7) is 0.882. The van der Waals surface area contributed by atoms with Crippen molar-refractivity contribution in [3.8, 4) is 0 Å². The van der Waals surface area contributed by atoms with Crippen LogP contribution < -0.4 is 0 Å². The largest absolute Gasteiger partial charge is 0.469 e. The first-order valence-electron chi connectivity index (χ1n) is 6.24. The summed E-state index contributed by atoms with van der Waals surface area (Å²) in [5.41, 5.74) is 0. The van der Waals surface area contributed by atoms with Crippen molar-refractivity contribution in [1.29, 1.82) is 0 Å². The SMILES string of the molecule is COC(=O)CCC(C)O.O=CC(O)C(O)C(O)C(O)CO. The molecule has 0 aromatic heterocycles. The molecule has 9 nitrogen and oxygen atoms in total. The molecule has 6 N–H and O–H groups in total. The van der Waals surface area contributed by atoms with Crippen LogP contribution in [-0.2, 0) is 14.3 Å². The first kappa shape index (κ1) is 22.2. The van der Waals surface area contributed by atoms with Gasteiger partial charge in [0.25, 0.3) is 0 Å². The lowest BCUT2D eigenvalue weighted by Gasteiger charge is -2.22. The molecule has 0 saturated carbocycles. The number of esters is 1. The van der Waals surface area contributed by atoms with Crippen molar-refractivity contribution in [1.82, 2.24) is 0 Å². The van der Waals surface area contributed by atoms with Gasteiger partial charge in [-0.15, -0.1) is 0 Å². The Kier molecular flexibility index (Phi) is 13.3. The Labute approximate surface area is 122 Å². The van der Waals surface area contributed by atoms with Crippen molar-refractivity contribution in [3.05, 3.63) is 0 Å². The molecule has 0 amide bonds. The van der Waals surface area contributed by atoms with Crippen molar-refractivity contribution >= 4 is 12.3 Å². The van der Waals surface area contributed by atoms with Crippen molar-refractivity contribution in [2.75, 3.05) is 13.7 Å². The number of methoxy groups -OCH3 is 1. The first-order chi connectivity index (χ1) is 9.70. The van der Waals surface area contributed by atoms with E-state index >= 15 is 0 Å². The zero-order valence-corrected chi connectivity index (χ0v) is 12.0. The third-order valence-electron chi connectivity index (χ3n) is 2.41. The molecule has 0 bridgehead atoms. The standard InChI is InChI=1S/C6H12O6.C6H12O3/c7-1-3(9)5(11)6(12)4(10)2-8;1-5(7)3-4-6(8)9-2/h1,3-6,8-12H,2H2;5,7H,3-4H2,1-2H3. The van der Waals surface area contributed by atoms with Gasteiger partial charge >= 0.3 is 5.97 Å². The second-order valence-corrected chi connectivity index (χ2v) is 4.32. The van der Waals surface area contributed by atoms with Crippen molar-refractivity contribution in [3.63, 3.8) is 0 Å². The molecular formula is C12H24O9. The number of aldehydes is 1. The monoisotopic (exact) mass is 312 g/mol. The molecule has 0 radical (unpaired) electrons. The Balaban J connectivity index is 0. The fourth-order valence-electron chi connectivity index (χ4n) is 1.05. The van der Waals surface area contributed by atoms with E-state index in [2.05, 4.69) is 4.74 Å². The molecule has 0 aliphatic rings. The van der Waals surface area contributed by atoms with Crippen LogP contribution in [0, 0.1) is 0 Å². The van der Waals surface area contributed by atoms with Crippen molar-refractivity contribution in [2.24, 2.45) is 0 Å². The van der Waals surface area contributed by atoms with E-state index in [9.17, 15) is 9.59 Å². The molecular weight excluding hydrogens is 288 g/mol. The third-order valence-corrected chi connectivity index (χ3v) is 2.41. The van der Waals surface area contributed by atoms with Crippen LogP contribution in [0.5, 0.6) is 0 Å². The minimum Gasteiger partial charge on any atom is -0.469 e. The van der Waals surface area contributed by atoms with Gasteiger partial charge in [0, 0.05) is 6.42 Å². The highest BCUT2D eigenvalue weighted by molar-refractivity contribution is 5.69. The number of hydrogen-bond acceptors (Lipinski definition) is 9. The predicted octanol–water partition coefficient (Wildman–Crippen LogP) is -3.06. The van der Waals surface area contributed by atoms with Crippen LogP contribution in [-0.4, -0.2) is 87.1 Å². The summed E-state index contributed by atoms with van der Waals surface area (Å²) < 4.78 is 4.35. The topological polar surface area (TPSA) is 165 Å². The number of aliphatic hydroxyl groups excluding tert-OH is 6. The lowest BCUT2D eigenvalue weighted by atomic mass is 10.0. The lowest BCUT2D eigenvalue weighted by Crippen LogP contribution is -2.46. The van der Waals surface area contributed by atoms with Gasteiger partial charge in [0.05, 0.1) is 19.8 Å². The number of aliphatic hydroxyl groups is 6. The van der Waals surface area contributed by atoms with Crippen LogP contribution in [0.4, 0.5) is 0 Å². The van der Waals surface area contributed by atoms with Crippen LogP contribution >= 0.6 is 0 Å². The summed E-state index contributed by atoms with van der Waals surface area (Å²) >= 11 is 0. The highest BCUT2D eigenvalue weighted by Gasteiger charge is 2.29. The highest BCUT2D eigenvalue weighted by atomic mass is 16.5. The molecule has 0 aromatic rings. The lowest BCUT2D eigenvalue weighted by molar-refractivity contribution is -0.141. The smallest absolute Gasteiger partial charge is 0.305 e. The maximum atomic E-state index is 10.4. The Morgan fingerprint density at radius 1 is 1.14 bits per heavy atom. The van der Waals surface area contributed by atoms with Gasteiger partial charge in [-0.1, -0.05) is 0 Å². The molecule has 0 saturated heterocycles. The summed E-state index contributed by atoms with van der Waals surface area (Å²) in [5, 5.41) is 52.2. The summed E-state index contributed by atoms with van der Waals surface area (Å²) in [7, 11) is 1.34. The molecule has 5 unspecified atom stereocenters. The van der Waals surface area contributed by atoms with E-state index in [1.807, 2.05) is 0 Å². The molecule has 0 heterocycles. The van der Waals surface area contributed by atoms with Gasteiger partial charge in [-0.05, 0) is 13.3 Å². The van der Waals surface area contributed by atoms with Crippen LogP contribution in [0.3, 0.4) is 0 Å². The van der Waals surface area contributed by atoms with E-state index in [-0.39, 0.29) is 12.3 Å². The van der Waals surface area contributed by atoms with Crippen LogP contribution in [0.15, 0.2) is 0 Å². The molecule has 126 valence electrons. The van der Waals surface area contributed by atoms with E-state index in [0.717, 1.165) is 0 Å². The molecule has 9 heteroatoms. The van der Waals surface area contributed by atoms with Crippen molar-refractivity contribution in [2.45, 2.75) is 50.3 Å². The van der Waals surface area contributed by atoms with Crippen LogP contribution in [0.2, 0.25) is 0 Å². The maximum absolute atomic E-state index is 10.4. The Morgan fingerprint density at radius 2 is 1.67 bits per heavy atom. The molecule has 0 fully saturated rings. The van der Waals surface area contributed by atoms with Gasteiger partial charge in [0.1, 0.15) is 24.4 Å². The number of ether oxygens (including phenoxy) is 1. The molecule has 0 aliphatic heterocycles. The minimum absolute atomic E-state index is 0.0258. The first-order valence-corrected chi connectivity index (χ1v) is 6.24. The van der Waals surface area contributed by atoms with Crippen molar-refractivity contribution < 1.29 is 45.0 Å². The van der Waals surface area contributed by atoms with Gasteiger partial charge in [-0.25, -0.2) is 0 Å². The summed E-state index contributed by atoms with van der Waals surface area (Å²) in [6.07, 6.45) is -6.47. The zero-order chi connectivity index (χ0) is 17.0. The van der Waals surface area contributed by atoms with E-state index in [1.165, 1.54) is 7.11 Å². The quantitative estimate of drug-likeness (QED) is 0.201. The molecule has 0 aromatic carbocycles. The molecule has 0 aliphatic carbocycles. The Hall–Kier alpha value is -1.10. The second kappa shape index (κ2) is 12.6. The fraction of sp³-hybridized carbons (Fsp3) is 0.833. The fourth-order valence-corrected chi connectivity index (χ4v) is 1.05. The normalized spacial score (nSPS) is 17.5. The van der Waals surface area contributed by atoms with E-state index in [0.29, 0.717) is 12.8 Å². The van der Waals surface area contributed by atoms with E-state index in [4.69, 9.17) is 30.6 Å². The zero-order valence-electron chi connectivity index (χ0n) is 12.0. The van der Waals surface area contributed by atoms with Gasteiger partial charge < -0.3 is 40.2 Å².